The molecular weight excluding hydrogens is 413 g/mol. The van der Waals surface area contributed by atoms with Crippen LogP contribution in [0.1, 0.15) is 59.4 Å². The Hall–Kier alpha value is -3.36. The Morgan fingerprint density at radius 3 is 2.34 bits per heavy atom. The molecule has 32 heavy (non-hydrogen) atoms. The molecule has 1 saturated heterocycles. The Morgan fingerprint density at radius 1 is 0.938 bits per heavy atom. The molecule has 2 heterocycles. The maximum atomic E-state index is 13.9. The minimum Gasteiger partial charge on any atom is -0.348 e. The number of amides is 3. The summed E-state index contributed by atoms with van der Waals surface area (Å²) in [6, 6.07) is 5.46. The number of halogens is 1. The second-order valence-corrected chi connectivity index (χ2v) is 8.24. The van der Waals surface area contributed by atoms with E-state index in [0.717, 1.165) is 25.7 Å². The van der Waals surface area contributed by atoms with Gasteiger partial charge in [-0.15, -0.1) is 0 Å². The van der Waals surface area contributed by atoms with Crippen LogP contribution in [0.25, 0.3) is 0 Å². The van der Waals surface area contributed by atoms with Crippen molar-refractivity contribution < 1.29 is 18.8 Å². The first-order valence-corrected chi connectivity index (χ1v) is 11.0. The number of carbonyl (C=O) groups excluding carboxylic acids is 3. The first kappa shape index (κ1) is 21.9. The van der Waals surface area contributed by atoms with Crippen molar-refractivity contribution in [1.29, 1.82) is 0 Å². The molecule has 0 atom stereocenters. The molecule has 0 spiro atoms. The summed E-state index contributed by atoms with van der Waals surface area (Å²) in [6.07, 6.45) is 8.21. The first-order valence-electron chi connectivity index (χ1n) is 11.0. The zero-order valence-electron chi connectivity index (χ0n) is 17.7. The highest BCUT2D eigenvalue weighted by molar-refractivity contribution is 6.07. The molecule has 1 aliphatic carbocycles. The molecule has 0 bridgehead atoms. The van der Waals surface area contributed by atoms with Crippen LogP contribution in [0.15, 0.2) is 36.7 Å². The zero-order valence-corrected chi connectivity index (χ0v) is 17.7. The molecule has 8 nitrogen and oxygen atoms in total. The van der Waals surface area contributed by atoms with Crippen LogP contribution in [0.2, 0.25) is 0 Å². The van der Waals surface area contributed by atoms with Gasteiger partial charge in [-0.2, -0.15) is 0 Å². The quantitative estimate of drug-likeness (QED) is 0.746. The average molecular weight is 439 g/mol. The molecule has 1 aromatic carbocycles. The van der Waals surface area contributed by atoms with Gasteiger partial charge in [-0.25, -0.2) is 14.4 Å². The zero-order chi connectivity index (χ0) is 22.5. The lowest BCUT2D eigenvalue weighted by atomic mass is 10.0. The maximum absolute atomic E-state index is 13.9. The number of nitrogens with one attached hydrogen (secondary N) is 2. The van der Waals surface area contributed by atoms with E-state index in [-0.39, 0.29) is 34.9 Å². The maximum Gasteiger partial charge on any atom is 0.273 e. The van der Waals surface area contributed by atoms with E-state index in [9.17, 15) is 18.8 Å². The summed E-state index contributed by atoms with van der Waals surface area (Å²) < 4.78 is 13.9. The number of hydrogen-bond acceptors (Lipinski definition) is 5. The van der Waals surface area contributed by atoms with Crippen molar-refractivity contribution in [1.82, 2.24) is 20.2 Å². The summed E-state index contributed by atoms with van der Waals surface area (Å²) in [4.78, 5) is 47.8. The average Bonchev–Trinajstić information content (AvgIpc) is 3.35. The second kappa shape index (κ2) is 9.84. The minimum atomic E-state index is -0.712. The van der Waals surface area contributed by atoms with Gasteiger partial charge < -0.3 is 15.5 Å². The predicted molar refractivity (Wildman–Crippen MR) is 115 cm³/mol. The van der Waals surface area contributed by atoms with Gasteiger partial charge in [0.2, 0.25) is 5.91 Å². The van der Waals surface area contributed by atoms with Gasteiger partial charge in [0.1, 0.15) is 5.82 Å². The highest BCUT2D eigenvalue weighted by Crippen LogP contribution is 2.27. The fraction of sp³-hybridized carbons (Fsp3) is 0.435. The van der Waals surface area contributed by atoms with Crippen molar-refractivity contribution in [2.45, 2.75) is 44.6 Å². The fourth-order valence-corrected chi connectivity index (χ4v) is 4.34. The van der Waals surface area contributed by atoms with E-state index in [1.165, 1.54) is 30.6 Å². The third kappa shape index (κ3) is 4.92. The smallest absolute Gasteiger partial charge is 0.273 e. The van der Waals surface area contributed by atoms with Gasteiger partial charge in [0.15, 0.2) is 11.5 Å². The lowest BCUT2D eigenvalue weighted by molar-refractivity contribution is -0.136. The molecule has 1 saturated carbocycles. The van der Waals surface area contributed by atoms with Gasteiger partial charge in [-0.05, 0) is 37.8 Å². The standard InChI is InChI=1S/C23H26FN5O3/c24-18-8-4-3-7-17(18)21(30)28-20-19(25-11-12-26-20)22(31)27-16-9-13-29(14-10-16)23(32)15-5-1-2-6-15/h3-4,7-8,11-12,15-16H,1-2,5-6,9-10,13-14H2,(H,27,31)(H,26,28,30). The van der Waals surface area contributed by atoms with Crippen molar-refractivity contribution in [2.24, 2.45) is 5.92 Å². The molecule has 1 aromatic heterocycles. The van der Waals surface area contributed by atoms with E-state index in [0.29, 0.717) is 25.9 Å². The largest absolute Gasteiger partial charge is 0.348 e. The van der Waals surface area contributed by atoms with Crippen LogP contribution in [-0.2, 0) is 4.79 Å². The van der Waals surface area contributed by atoms with E-state index < -0.39 is 17.6 Å². The summed E-state index contributed by atoms with van der Waals surface area (Å²) in [5.41, 5.74) is -0.189. The van der Waals surface area contributed by atoms with Crippen molar-refractivity contribution in [3.05, 3.63) is 53.7 Å². The number of anilines is 1. The van der Waals surface area contributed by atoms with Crippen LogP contribution < -0.4 is 10.6 Å². The molecule has 2 aromatic rings. The third-order valence-electron chi connectivity index (χ3n) is 6.11. The number of piperidine rings is 1. The Morgan fingerprint density at radius 2 is 1.62 bits per heavy atom. The number of hydrogen-bond donors (Lipinski definition) is 2. The molecule has 0 radical (unpaired) electrons. The van der Waals surface area contributed by atoms with Gasteiger partial charge in [0.25, 0.3) is 11.8 Å². The molecule has 2 fully saturated rings. The molecule has 2 aliphatic rings. The summed E-state index contributed by atoms with van der Waals surface area (Å²) >= 11 is 0. The lowest BCUT2D eigenvalue weighted by Gasteiger charge is -2.33. The van der Waals surface area contributed by atoms with E-state index >= 15 is 0 Å². The molecule has 1 aliphatic heterocycles. The molecule has 168 valence electrons. The van der Waals surface area contributed by atoms with Gasteiger partial charge in [-0.1, -0.05) is 25.0 Å². The Labute approximate surface area is 185 Å². The van der Waals surface area contributed by atoms with Crippen molar-refractivity contribution in [3.63, 3.8) is 0 Å². The Bertz CT molecular complexity index is 1000. The van der Waals surface area contributed by atoms with Crippen molar-refractivity contribution in [3.8, 4) is 0 Å². The first-order chi connectivity index (χ1) is 15.5. The Kier molecular flexibility index (Phi) is 6.72. The van der Waals surface area contributed by atoms with Gasteiger partial charge >= 0.3 is 0 Å². The summed E-state index contributed by atoms with van der Waals surface area (Å²) in [5, 5.41) is 5.40. The number of carbonyl (C=O) groups is 3. The van der Waals surface area contributed by atoms with E-state index in [4.69, 9.17) is 0 Å². The number of rotatable bonds is 5. The Balaban J connectivity index is 1.36. The molecule has 2 N–H and O–H groups in total. The van der Waals surface area contributed by atoms with Crippen molar-refractivity contribution >= 4 is 23.5 Å². The van der Waals surface area contributed by atoms with Crippen LogP contribution >= 0.6 is 0 Å². The fourth-order valence-electron chi connectivity index (χ4n) is 4.34. The second-order valence-electron chi connectivity index (χ2n) is 8.24. The normalized spacial score (nSPS) is 17.2. The van der Waals surface area contributed by atoms with E-state index in [1.54, 1.807) is 6.07 Å². The lowest BCUT2D eigenvalue weighted by Crippen LogP contribution is -2.48. The summed E-state index contributed by atoms with van der Waals surface area (Å²) in [7, 11) is 0. The monoisotopic (exact) mass is 439 g/mol. The molecule has 4 rings (SSSR count). The van der Waals surface area contributed by atoms with Crippen LogP contribution in [0.5, 0.6) is 0 Å². The number of likely N-dealkylation sites (tertiary alicyclic amines) is 1. The highest BCUT2D eigenvalue weighted by atomic mass is 19.1. The topological polar surface area (TPSA) is 104 Å². The minimum absolute atomic E-state index is 0.0351. The van der Waals surface area contributed by atoms with Crippen LogP contribution in [0.4, 0.5) is 10.2 Å². The van der Waals surface area contributed by atoms with E-state index in [1.807, 2.05) is 4.90 Å². The van der Waals surface area contributed by atoms with E-state index in [2.05, 4.69) is 20.6 Å². The SMILES string of the molecule is O=C(Nc1nccnc1C(=O)NC1CCN(C(=O)C2CCCC2)CC1)c1ccccc1F. The third-order valence-corrected chi connectivity index (χ3v) is 6.11. The molecule has 0 unspecified atom stereocenters. The van der Waals surface area contributed by atoms with Gasteiger partial charge in [0, 0.05) is 37.4 Å². The summed E-state index contributed by atoms with van der Waals surface area (Å²) in [6.45, 7) is 1.22. The molecule has 9 heteroatoms. The van der Waals surface area contributed by atoms with Crippen LogP contribution in [-0.4, -0.2) is 51.7 Å². The van der Waals surface area contributed by atoms with Gasteiger partial charge in [0.05, 0.1) is 5.56 Å². The van der Waals surface area contributed by atoms with Crippen molar-refractivity contribution in [2.75, 3.05) is 18.4 Å². The van der Waals surface area contributed by atoms with Gasteiger partial charge in [-0.3, -0.25) is 14.4 Å². The predicted octanol–water partition coefficient (Wildman–Crippen LogP) is 2.78. The number of benzene rings is 1. The van der Waals surface area contributed by atoms with Crippen LogP contribution in [0.3, 0.4) is 0 Å². The molecular formula is C23H26FN5O3. The highest BCUT2D eigenvalue weighted by Gasteiger charge is 2.31. The van der Waals surface area contributed by atoms with Crippen LogP contribution in [0, 0.1) is 11.7 Å². The summed E-state index contributed by atoms with van der Waals surface area (Å²) in [5.74, 6) is -1.49. The number of nitrogens with zero attached hydrogens (tertiary/aromatic N) is 3. The molecule has 3 amide bonds. The number of aromatic nitrogens is 2.